The Balaban J connectivity index is 4.67. The van der Waals surface area contributed by atoms with Crippen molar-refractivity contribution in [3.05, 3.63) is 11.1 Å². The Hall–Kier alpha value is 0.397. The van der Waals surface area contributed by atoms with Crippen LogP contribution in [0, 0.1) is 0 Å². The normalized spacial score (nSPS) is 15.1. The van der Waals surface area contributed by atoms with Gasteiger partial charge in [-0.25, -0.2) is 0 Å². The summed E-state index contributed by atoms with van der Waals surface area (Å²) >= 11 is 3.30. The summed E-state index contributed by atoms with van der Waals surface area (Å²) in [7, 11) is -1.65. The average molecular weight is 279 g/mol. The Morgan fingerprint density at radius 3 is 1.79 bits per heavy atom. The zero-order valence-electron chi connectivity index (χ0n) is 10.4. The van der Waals surface area contributed by atoms with Crippen molar-refractivity contribution in [2.45, 2.75) is 58.4 Å². The fraction of sp³-hybridized carbons (Fsp3) is 0.818. The van der Waals surface area contributed by atoms with E-state index in [1.807, 2.05) is 11.1 Å². The van der Waals surface area contributed by atoms with Gasteiger partial charge in [-0.15, -0.1) is 0 Å². The van der Waals surface area contributed by atoms with Gasteiger partial charge in [-0.3, -0.25) is 0 Å². The minimum atomic E-state index is -1.65. The molecular weight excluding hydrogens is 256 g/mol. The van der Waals surface area contributed by atoms with Crippen LogP contribution in [0.25, 0.3) is 0 Å². The molecule has 14 heavy (non-hydrogen) atoms. The van der Waals surface area contributed by atoms with E-state index in [2.05, 4.69) is 63.6 Å². The summed E-state index contributed by atoms with van der Waals surface area (Å²) in [5.74, 6) is 0. The van der Waals surface area contributed by atoms with Crippen LogP contribution >= 0.6 is 15.9 Å². The lowest BCUT2D eigenvalue weighted by Crippen LogP contribution is -2.46. The largest absolute Gasteiger partial charge is 0.409 e. The minimum absolute atomic E-state index is 0.174. The molecule has 84 valence electrons. The molecule has 0 bridgehead atoms. The van der Waals surface area contributed by atoms with Gasteiger partial charge in [-0.2, -0.15) is 0 Å². The molecule has 0 aliphatic rings. The number of halogens is 1. The van der Waals surface area contributed by atoms with Gasteiger partial charge in [0.05, 0.1) is 5.60 Å². The van der Waals surface area contributed by atoms with Crippen LogP contribution in [0.4, 0.5) is 0 Å². The van der Waals surface area contributed by atoms with Crippen LogP contribution in [0.2, 0.25) is 18.1 Å². The smallest absolute Gasteiger partial charge is 0.193 e. The summed E-state index contributed by atoms with van der Waals surface area (Å²) < 4.78 is 6.25. The van der Waals surface area contributed by atoms with Gasteiger partial charge in [-0.05, 0) is 43.0 Å². The fourth-order valence-electron chi connectivity index (χ4n) is 0.996. The van der Waals surface area contributed by atoms with Crippen molar-refractivity contribution in [1.82, 2.24) is 0 Å². The summed E-state index contributed by atoms with van der Waals surface area (Å²) in [5.41, 5.74) is -0.174. The highest BCUT2D eigenvalue weighted by Gasteiger charge is 2.40. The monoisotopic (exact) mass is 278 g/mol. The third-order valence-corrected chi connectivity index (χ3v) is 7.70. The van der Waals surface area contributed by atoms with Crippen molar-refractivity contribution in [3.63, 3.8) is 0 Å². The van der Waals surface area contributed by atoms with Crippen molar-refractivity contribution in [2.75, 3.05) is 0 Å². The molecule has 0 aromatic carbocycles. The van der Waals surface area contributed by atoms with Crippen molar-refractivity contribution >= 4 is 24.2 Å². The van der Waals surface area contributed by atoms with Gasteiger partial charge in [0.2, 0.25) is 0 Å². The molecular formula is C11H23BrOSi. The van der Waals surface area contributed by atoms with Crippen LogP contribution in [-0.4, -0.2) is 13.9 Å². The lowest BCUT2D eigenvalue weighted by Gasteiger charge is -2.41. The first kappa shape index (κ1) is 14.4. The Bertz CT molecular complexity index is 214. The summed E-state index contributed by atoms with van der Waals surface area (Å²) in [6.45, 7) is 15.5. The highest BCUT2D eigenvalue weighted by Crippen LogP contribution is 2.39. The van der Waals surface area contributed by atoms with Gasteiger partial charge in [0.25, 0.3) is 0 Å². The third kappa shape index (κ3) is 4.28. The summed E-state index contributed by atoms with van der Waals surface area (Å²) in [6.07, 6.45) is 2.05. The molecule has 0 rings (SSSR count). The van der Waals surface area contributed by atoms with Gasteiger partial charge in [-0.1, -0.05) is 36.7 Å². The van der Waals surface area contributed by atoms with Crippen LogP contribution in [0.3, 0.4) is 0 Å². The molecule has 3 heteroatoms. The maximum atomic E-state index is 6.25. The molecule has 0 N–H and O–H groups in total. The van der Waals surface area contributed by atoms with Crippen molar-refractivity contribution in [2.24, 2.45) is 0 Å². The number of hydrogen-bond acceptors (Lipinski definition) is 1. The van der Waals surface area contributed by atoms with Crippen LogP contribution in [0.1, 0.15) is 34.6 Å². The second kappa shape index (κ2) is 4.50. The van der Waals surface area contributed by atoms with Crippen LogP contribution in [0.15, 0.2) is 11.1 Å². The maximum Gasteiger partial charge on any atom is 0.193 e. The van der Waals surface area contributed by atoms with E-state index in [1.165, 1.54) is 0 Å². The number of hydrogen-bond donors (Lipinski definition) is 0. The molecule has 0 aromatic heterocycles. The molecule has 0 spiro atoms. The van der Waals surface area contributed by atoms with E-state index in [0.717, 1.165) is 0 Å². The fourth-order valence-corrected chi connectivity index (χ4v) is 3.32. The Morgan fingerprint density at radius 1 is 1.07 bits per heavy atom. The van der Waals surface area contributed by atoms with Gasteiger partial charge < -0.3 is 4.43 Å². The third-order valence-electron chi connectivity index (χ3n) is 2.79. The molecule has 0 aliphatic heterocycles. The molecule has 0 unspecified atom stereocenters. The summed E-state index contributed by atoms with van der Waals surface area (Å²) in [6, 6.07) is 0. The molecule has 0 saturated carbocycles. The Kier molecular flexibility index (Phi) is 4.62. The first-order chi connectivity index (χ1) is 6.02. The van der Waals surface area contributed by atoms with Crippen molar-refractivity contribution in [1.29, 1.82) is 0 Å². The first-order valence-corrected chi connectivity index (χ1v) is 8.82. The van der Waals surface area contributed by atoms with E-state index in [0.29, 0.717) is 0 Å². The van der Waals surface area contributed by atoms with E-state index in [9.17, 15) is 0 Å². The molecule has 0 amide bonds. The first-order valence-electron chi connectivity index (χ1n) is 5.00. The van der Waals surface area contributed by atoms with Crippen LogP contribution < -0.4 is 0 Å². The van der Waals surface area contributed by atoms with Crippen molar-refractivity contribution in [3.8, 4) is 0 Å². The second-order valence-corrected chi connectivity index (χ2v) is 11.0. The molecule has 0 saturated heterocycles. The standard InChI is InChI=1S/C11H23BrOSi/c1-10(2,3)14(6,7)13-11(4,5)8-9-12/h8-9H,1-7H3/b9-8+. The van der Waals surface area contributed by atoms with Gasteiger partial charge in [0.15, 0.2) is 8.32 Å². The number of rotatable bonds is 3. The van der Waals surface area contributed by atoms with E-state index in [1.54, 1.807) is 0 Å². The SMILES string of the molecule is CC(C)(/C=C/Br)O[Si](C)(C)C(C)(C)C. The zero-order valence-corrected chi connectivity index (χ0v) is 13.0. The van der Waals surface area contributed by atoms with Gasteiger partial charge >= 0.3 is 0 Å². The Labute approximate surface area is 98.2 Å². The molecule has 0 fully saturated rings. The van der Waals surface area contributed by atoms with Crippen molar-refractivity contribution < 1.29 is 4.43 Å². The van der Waals surface area contributed by atoms with E-state index in [-0.39, 0.29) is 10.6 Å². The molecule has 0 aromatic rings. The maximum absolute atomic E-state index is 6.25. The lowest BCUT2D eigenvalue weighted by atomic mass is 10.1. The molecule has 0 heterocycles. The van der Waals surface area contributed by atoms with Gasteiger partial charge in [0.1, 0.15) is 0 Å². The molecule has 0 atom stereocenters. The lowest BCUT2D eigenvalue weighted by molar-refractivity contribution is 0.142. The van der Waals surface area contributed by atoms with E-state index >= 15 is 0 Å². The second-order valence-electron chi connectivity index (χ2n) is 5.76. The van der Waals surface area contributed by atoms with Crippen LogP contribution in [-0.2, 0) is 4.43 Å². The topological polar surface area (TPSA) is 9.23 Å². The predicted octanol–water partition coefficient (Wildman–Crippen LogP) is 4.70. The Morgan fingerprint density at radius 2 is 1.50 bits per heavy atom. The average Bonchev–Trinajstić information content (AvgIpc) is 1.80. The molecule has 1 nitrogen and oxygen atoms in total. The van der Waals surface area contributed by atoms with E-state index in [4.69, 9.17) is 4.43 Å². The van der Waals surface area contributed by atoms with Gasteiger partial charge in [0, 0.05) is 0 Å². The van der Waals surface area contributed by atoms with E-state index < -0.39 is 8.32 Å². The zero-order chi connectivity index (χ0) is 11.6. The summed E-state index contributed by atoms with van der Waals surface area (Å²) in [5, 5.41) is 0.268. The molecule has 0 aliphatic carbocycles. The predicted molar refractivity (Wildman–Crippen MR) is 70.4 cm³/mol. The highest BCUT2D eigenvalue weighted by atomic mass is 79.9. The highest BCUT2D eigenvalue weighted by molar-refractivity contribution is 9.11. The molecule has 0 radical (unpaired) electrons. The quantitative estimate of drug-likeness (QED) is 0.681. The minimum Gasteiger partial charge on any atom is -0.409 e. The summed E-state index contributed by atoms with van der Waals surface area (Å²) in [4.78, 5) is 1.88. The van der Waals surface area contributed by atoms with Crippen LogP contribution in [0.5, 0.6) is 0 Å².